The summed E-state index contributed by atoms with van der Waals surface area (Å²) in [6.45, 7) is 1.89. The molecular formula is C24H22N2O5. The van der Waals surface area contributed by atoms with Crippen molar-refractivity contribution in [3.63, 3.8) is 0 Å². The molecule has 0 amide bonds. The number of rotatable bonds is 5. The Morgan fingerprint density at radius 1 is 1.13 bits per heavy atom. The fourth-order valence-corrected chi connectivity index (χ4v) is 4.29. The van der Waals surface area contributed by atoms with Crippen LogP contribution in [0.25, 0.3) is 0 Å². The average Bonchev–Trinajstić information content (AvgIpc) is 2.77. The van der Waals surface area contributed by atoms with E-state index in [0.717, 1.165) is 12.0 Å². The van der Waals surface area contributed by atoms with Crippen LogP contribution >= 0.6 is 0 Å². The number of aliphatic imine (C=N–C) groups is 1. The van der Waals surface area contributed by atoms with Gasteiger partial charge in [0.2, 0.25) is 0 Å². The third kappa shape index (κ3) is 4.17. The molecule has 2 aromatic rings. The molecule has 0 bridgehead atoms. The van der Waals surface area contributed by atoms with Gasteiger partial charge in [0.1, 0.15) is 12.5 Å². The predicted octanol–water partition coefficient (Wildman–Crippen LogP) is 4.52. The first-order valence-corrected chi connectivity index (χ1v) is 10.2. The Balaban J connectivity index is 1.70. The summed E-state index contributed by atoms with van der Waals surface area (Å²) in [7, 11) is 0. The van der Waals surface area contributed by atoms with E-state index in [1.165, 1.54) is 12.1 Å². The molecule has 0 radical (unpaired) electrons. The smallest absolute Gasteiger partial charge is 0.315 e. The molecule has 2 atom stereocenters. The van der Waals surface area contributed by atoms with Gasteiger partial charge >= 0.3 is 5.97 Å². The number of ether oxygens (including phenoxy) is 1. The van der Waals surface area contributed by atoms with Gasteiger partial charge in [-0.15, -0.1) is 0 Å². The number of nitro groups is 1. The maximum absolute atomic E-state index is 13.2. The Kier molecular flexibility index (Phi) is 5.75. The van der Waals surface area contributed by atoms with E-state index in [0.29, 0.717) is 35.4 Å². The van der Waals surface area contributed by atoms with E-state index in [9.17, 15) is 19.7 Å². The molecule has 1 unspecified atom stereocenters. The minimum atomic E-state index is -0.758. The van der Waals surface area contributed by atoms with Gasteiger partial charge in [-0.3, -0.25) is 24.7 Å². The zero-order valence-electron chi connectivity index (χ0n) is 17.1. The Hall–Kier alpha value is -3.61. The molecule has 158 valence electrons. The molecule has 2 aliphatic rings. The molecule has 1 aliphatic heterocycles. The number of hydrogen-bond acceptors (Lipinski definition) is 6. The van der Waals surface area contributed by atoms with Gasteiger partial charge < -0.3 is 4.74 Å². The number of Topliss-reactive ketones (excluding diaryl/α,β-unsaturated/α-hetero) is 1. The van der Waals surface area contributed by atoms with Crippen LogP contribution in [0.1, 0.15) is 43.2 Å². The molecule has 0 aromatic heterocycles. The minimum Gasteiger partial charge on any atom is -0.460 e. The van der Waals surface area contributed by atoms with E-state index < -0.39 is 22.7 Å². The van der Waals surface area contributed by atoms with Gasteiger partial charge in [0.15, 0.2) is 5.78 Å². The van der Waals surface area contributed by atoms with E-state index in [1.807, 2.05) is 30.3 Å². The fraction of sp³-hybridized carbons (Fsp3) is 0.292. The van der Waals surface area contributed by atoms with E-state index in [4.69, 9.17) is 4.74 Å². The van der Waals surface area contributed by atoms with Crippen molar-refractivity contribution in [1.29, 1.82) is 0 Å². The Morgan fingerprint density at radius 2 is 1.84 bits per heavy atom. The maximum atomic E-state index is 13.2. The molecule has 1 heterocycles. The summed E-state index contributed by atoms with van der Waals surface area (Å²) < 4.78 is 5.60. The zero-order valence-corrected chi connectivity index (χ0v) is 17.1. The van der Waals surface area contributed by atoms with Crippen molar-refractivity contribution >= 4 is 23.2 Å². The molecule has 7 heteroatoms. The lowest BCUT2D eigenvalue weighted by atomic mass is 9.72. The van der Waals surface area contributed by atoms with Crippen LogP contribution in [0.3, 0.4) is 0 Å². The second kappa shape index (κ2) is 8.63. The largest absolute Gasteiger partial charge is 0.460 e. The van der Waals surface area contributed by atoms with E-state index >= 15 is 0 Å². The summed E-state index contributed by atoms with van der Waals surface area (Å²) in [5, 5.41) is 11.1. The lowest BCUT2D eigenvalue weighted by Crippen LogP contribution is -2.37. The van der Waals surface area contributed by atoms with E-state index in [-0.39, 0.29) is 18.1 Å². The molecule has 0 saturated heterocycles. The molecule has 4 rings (SSSR count). The minimum absolute atomic E-state index is 0.0262. The molecule has 0 N–H and O–H groups in total. The normalized spacial score (nSPS) is 20.7. The molecule has 1 aliphatic carbocycles. The van der Waals surface area contributed by atoms with Crippen LogP contribution in [-0.2, 0) is 20.9 Å². The predicted molar refractivity (Wildman–Crippen MR) is 115 cm³/mol. The van der Waals surface area contributed by atoms with Gasteiger partial charge in [-0.05, 0) is 30.9 Å². The lowest BCUT2D eigenvalue weighted by molar-refractivity contribution is -0.384. The first-order valence-electron chi connectivity index (χ1n) is 10.2. The van der Waals surface area contributed by atoms with Crippen molar-refractivity contribution in [1.82, 2.24) is 0 Å². The number of carbonyl (C=O) groups excluding carboxylic acids is 2. The summed E-state index contributed by atoms with van der Waals surface area (Å²) >= 11 is 0. The topological polar surface area (TPSA) is 98.9 Å². The number of non-ortho nitro benzene ring substituents is 1. The van der Waals surface area contributed by atoms with Crippen molar-refractivity contribution in [2.24, 2.45) is 10.9 Å². The number of allylic oxidation sites excluding steroid dienone is 2. The summed E-state index contributed by atoms with van der Waals surface area (Å²) in [5.74, 6) is -1.81. The van der Waals surface area contributed by atoms with Crippen molar-refractivity contribution in [3.05, 3.63) is 87.1 Å². The van der Waals surface area contributed by atoms with Crippen LogP contribution in [0.15, 0.2) is 70.9 Å². The van der Waals surface area contributed by atoms with Gasteiger partial charge in [-0.2, -0.15) is 0 Å². The van der Waals surface area contributed by atoms with Crippen LogP contribution in [0.4, 0.5) is 5.69 Å². The highest BCUT2D eigenvalue weighted by Gasteiger charge is 2.43. The number of ketones is 1. The number of nitro benzene ring substituents is 1. The Labute approximate surface area is 179 Å². The van der Waals surface area contributed by atoms with Gasteiger partial charge in [0, 0.05) is 41.5 Å². The number of hydrogen-bond donors (Lipinski definition) is 0. The highest BCUT2D eigenvalue weighted by Crippen LogP contribution is 2.43. The van der Waals surface area contributed by atoms with Crippen LogP contribution in [0, 0.1) is 16.0 Å². The first kappa shape index (κ1) is 20.7. The van der Waals surface area contributed by atoms with Crippen molar-refractivity contribution in [3.8, 4) is 0 Å². The van der Waals surface area contributed by atoms with Gasteiger partial charge in [0.25, 0.3) is 5.69 Å². The lowest BCUT2D eigenvalue weighted by Gasteiger charge is -2.34. The average molecular weight is 418 g/mol. The standard InChI is InChI=1S/C24H22N2O5/c1-15-21(24(28)31-14-16-6-3-2-4-7-16)22(17-10-12-18(13-11-17)26(29)30)23-19(25-15)8-5-9-20(23)27/h2-4,6-7,10-13,21-22H,5,8-9,14H2,1H3/t21?,22-/m0/s1. The Morgan fingerprint density at radius 3 is 2.52 bits per heavy atom. The first-order chi connectivity index (χ1) is 15.0. The van der Waals surface area contributed by atoms with E-state index in [2.05, 4.69) is 4.99 Å². The van der Waals surface area contributed by atoms with Crippen LogP contribution in [0.2, 0.25) is 0 Å². The maximum Gasteiger partial charge on any atom is 0.315 e. The second-order valence-corrected chi connectivity index (χ2v) is 7.79. The summed E-state index contributed by atoms with van der Waals surface area (Å²) in [6.07, 6.45) is 1.81. The summed E-state index contributed by atoms with van der Waals surface area (Å²) in [6, 6.07) is 15.4. The van der Waals surface area contributed by atoms with Crippen LogP contribution < -0.4 is 0 Å². The Bertz CT molecular complexity index is 1090. The highest BCUT2D eigenvalue weighted by molar-refractivity contribution is 6.08. The quantitative estimate of drug-likeness (QED) is 0.404. The van der Waals surface area contributed by atoms with E-state index in [1.54, 1.807) is 19.1 Å². The van der Waals surface area contributed by atoms with Crippen LogP contribution in [-0.4, -0.2) is 22.4 Å². The molecule has 7 nitrogen and oxygen atoms in total. The third-order valence-corrected chi connectivity index (χ3v) is 5.78. The number of carbonyl (C=O) groups is 2. The zero-order chi connectivity index (χ0) is 22.0. The molecule has 2 aromatic carbocycles. The summed E-state index contributed by atoms with van der Waals surface area (Å²) in [4.78, 5) is 41.2. The monoisotopic (exact) mass is 418 g/mol. The second-order valence-electron chi connectivity index (χ2n) is 7.79. The molecule has 0 fully saturated rings. The SMILES string of the molecule is CC1=NC2=C(C(=O)CCC2)[C@@H](c2ccc([N+](=O)[O-])cc2)C1C(=O)OCc1ccccc1. The van der Waals surface area contributed by atoms with Crippen molar-refractivity contribution in [2.45, 2.75) is 38.7 Å². The highest BCUT2D eigenvalue weighted by atomic mass is 16.6. The number of nitrogens with zero attached hydrogens (tertiary/aromatic N) is 2. The fourth-order valence-electron chi connectivity index (χ4n) is 4.29. The number of benzene rings is 2. The molecule has 0 saturated carbocycles. The summed E-state index contributed by atoms with van der Waals surface area (Å²) in [5.41, 5.74) is 3.33. The van der Waals surface area contributed by atoms with Gasteiger partial charge in [-0.25, -0.2) is 0 Å². The molecule has 31 heavy (non-hydrogen) atoms. The molecule has 0 spiro atoms. The van der Waals surface area contributed by atoms with Crippen LogP contribution in [0.5, 0.6) is 0 Å². The van der Waals surface area contributed by atoms with Gasteiger partial charge in [0.05, 0.1) is 4.92 Å². The number of esters is 1. The van der Waals surface area contributed by atoms with Gasteiger partial charge in [-0.1, -0.05) is 42.5 Å². The van der Waals surface area contributed by atoms with Crippen molar-refractivity contribution in [2.75, 3.05) is 0 Å². The van der Waals surface area contributed by atoms with Crippen molar-refractivity contribution < 1.29 is 19.2 Å². The third-order valence-electron chi connectivity index (χ3n) is 5.78. The molecular weight excluding hydrogens is 396 g/mol.